The van der Waals surface area contributed by atoms with Crippen molar-refractivity contribution in [3.05, 3.63) is 45.5 Å². The highest BCUT2D eigenvalue weighted by molar-refractivity contribution is 5.79. The highest BCUT2D eigenvalue weighted by Gasteiger charge is 2.07. The summed E-state index contributed by atoms with van der Waals surface area (Å²) in [5, 5.41) is 0.554. The van der Waals surface area contributed by atoms with Crippen LogP contribution in [0.5, 0.6) is 0 Å². The zero-order valence-electron chi connectivity index (χ0n) is 8.73. The van der Waals surface area contributed by atoms with Gasteiger partial charge in [0.1, 0.15) is 5.82 Å². The van der Waals surface area contributed by atoms with Crippen molar-refractivity contribution in [2.75, 3.05) is 0 Å². The molecule has 0 aliphatic rings. The molecule has 1 N–H and O–H groups in total. The summed E-state index contributed by atoms with van der Waals surface area (Å²) in [5.74, 6) is -0.332. The number of aromatic amines is 1. The van der Waals surface area contributed by atoms with Crippen molar-refractivity contribution < 1.29 is 4.39 Å². The van der Waals surface area contributed by atoms with Crippen LogP contribution >= 0.6 is 0 Å². The zero-order chi connectivity index (χ0) is 11.0. The first-order valence-corrected chi connectivity index (χ1v) is 4.94. The molecular weight excluding hydrogens is 193 g/mol. The maximum Gasteiger partial charge on any atom is 0.192 e. The smallest absolute Gasteiger partial charge is 0.192 e. The molecule has 0 amide bonds. The third-order valence-corrected chi connectivity index (χ3v) is 2.63. The van der Waals surface area contributed by atoms with Crippen LogP contribution in [0.3, 0.4) is 0 Å². The van der Waals surface area contributed by atoms with Gasteiger partial charge in [0, 0.05) is 16.6 Å². The van der Waals surface area contributed by atoms with E-state index in [1.165, 1.54) is 18.2 Å². The largest absolute Gasteiger partial charge is 0.358 e. The number of halogens is 1. The molecule has 0 atom stereocenters. The van der Waals surface area contributed by atoms with Crippen LogP contribution in [0.1, 0.15) is 18.2 Å². The van der Waals surface area contributed by atoms with E-state index in [1.807, 2.05) is 13.8 Å². The van der Waals surface area contributed by atoms with Crippen molar-refractivity contribution in [2.45, 2.75) is 20.3 Å². The molecule has 1 heterocycles. The third-order valence-electron chi connectivity index (χ3n) is 2.63. The second kappa shape index (κ2) is 3.50. The van der Waals surface area contributed by atoms with Gasteiger partial charge in [-0.1, -0.05) is 6.92 Å². The van der Waals surface area contributed by atoms with E-state index in [9.17, 15) is 9.18 Å². The summed E-state index contributed by atoms with van der Waals surface area (Å²) in [6, 6.07) is 4.19. The van der Waals surface area contributed by atoms with Gasteiger partial charge in [-0.2, -0.15) is 0 Å². The predicted molar refractivity (Wildman–Crippen MR) is 58.6 cm³/mol. The molecule has 15 heavy (non-hydrogen) atoms. The molecule has 1 aromatic carbocycles. The van der Waals surface area contributed by atoms with Gasteiger partial charge in [-0.15, -0.1) is 0 Å². The molecule has 3 heteroatoms. The van der Waals surface area contributed by atoms with Crippen LogP contribution in [0, 0.1) is 12.7 Å². The van der Waals surface area contributed by atoms with E-state index in [2.05, 4.69) is 4.98 Å². The Morgan fingerprint density at radius 2 is 2.13 bits per heavy atom. The van der Waals surface area contributed by atoms with Crippen LogP contribution in [0.15, 0.2) is 23.0 Å². The fourth-order valence-corrected chi connectivity index (χ4v) is 1.85. The molecular formula is C12H12FNO. The lowest BCUT2D eigenvalue weighted by Crippen LogP contribution is -2.12. The molecule has 0 unspecified atom stereocenters. The summed E-state index contributed by atoms with van der Waals surface area (Å²) in [5.41, 5.74) is 2.16. The quantitative estimate of drug-likeness (QED) is 0.762. The van der Waals surface area contributed by atoms with Crippen LogP contribution in [0.4, 0.5) is 4.39 Å². The van der Waals surface area contributed by atoms with Crippen molar-refractivity contribution in [1.82, 2.24) is 4.98 Å². The molecule has 1 aromatic heterocycles. The summed E-state index contributed by atoms with van der Waals surface area (Å²) >= 11 is 0. The van der Waals surface area contributed by atoms with Gasteiger partial charge in [-0.25, -0.2) is 4.39 Å². The third kappa shape index (κ3) is 1.54. The van der Waals surface area contributed by atoms with Crippen molar-refractivity contribution >= 4 is 10.9 Å². The number of fused-ring (bicyclic) bond motifs is 1. The first-order valence-electron chi connectivity index (χ1n) is 4.94. The van der Waals surface area contributed by atoms with E-state index < -0.39 is 0 Å². The van der Waals surface area contributed by atoms with E-state index in [4.69, 9.17) is 0 Å². The minimum Gasteiger partial charge on any atom is -0.358 e. The van der Waals surface area contributed by atoms with Crippen molar-refractivity contribution in [2.24, 2.45) is 0 Å². The number of aryl methyl sites for hydroxylation is 1. The van der Waals surface area contributed by atoms with Gasteiger partial charge in [-0.05, 0) is 31.5 Å². The van der Waals surface area contributed by atoms with E-state index in [1.54, 1.807) is 0 Å². The normalized spacial score (nSPS) is 10.9. The minimum absolute atomic E-state index is 0.00347. The summed E-state index contributed by atoms with van der Waals surface area (Å²) in [6.45, 7) is 3.78. The van der Waals surface area contributed by atoms with Crippen molar-refractivity contribution in [1.29, 1.82) is 0 Å². The Kier molecular flexibility index (Phi) is 2.31. The second-order valence-electron chi connectivity index (χ2n) is 3.60. The van der Waals surface area contributed by atoms with Gasteiger partial charge >= 0.3 is 0 Å². The molecule has 0 fully saturated rings. The van der Waals surface area contributed by atoms with Crippen molar-refractivity contribution in [3.63, 3.8) is 0 Å². The fourth-order valence-electron chi connectivity index (χ4n) is 1.85. The summed E-state index contributed by atoms with van der Waals surface area (Å²) in [7, 11) is 0. The van der Waals surface area contributed by atoms with Crippen LogP contribution in [-0.4, -0.2) is 4.98 Å². The summed E-state index contributed by atoms with van der Waals surface area (Å²) in [6.07, 6.45) is 0.689. The number of H-pyrrole nitrogens is 1. The van der Waals surface area contributed by atoms with E-state index in [0.29, 0.717) is 17.3 Å². The lowest BCUT2D eigenvalue weighted by molar-refractivity contribution is 0.629. The molecule has 0 saturated heterocycles. The second-order valence-corrected chi connectivity index (χ2v) is 3.60. The summed E-state index contributed by atoms with van der Waals surface area (Å²) < 4.78 is 13.0. The topological polar surface area (TPSA) is 32.9 Å². The van der Waals surface area contributed by atoms with Gasteiger partial charge in [0.05, 0.1) is 5.52 Å². The molecule has 0 aliphatic carbocycles. The van der Waals surface area contributed by atoms with Gasteiger partial charge in [0.15, 0.2) is 5.43 Å². The Hall–Kier alpha value is -1.64. The van der Waals surface area contributed by atoms with Crippen LogP contribution in [0.25, 0.3) is 10.9 Å². The Morgan fingerprint density at radius 3 is 2.80 bits per heavy atom. The SMILES string of the molecule is CCc1c(C)[nH]c2cc(F)ccc2c1=O. The molecule has 2 nitrogen and oxygen atoms in total. The van der Waals surface area contributed by atoms with Crippen LogP contribution in [-0.2, 0) is 6.42 Å². The minimum atomic E-state index is -0.332. The Balaban J connectivity index is 2.91. The molecule has 78 valence electrons. The number of pyridine rings is 1. The average molecular weight is 205 g/mol. The van der Waals surface area contributed by atoms with Gasteiger partial charge in [0.2, 0.25) is 0 Å². The molecule has 0 saturated carbocycles. The molecule has 2 rings (SSSR count). The molecule has 2 aromatic rings. The average Bonchev–Trinajstić information content (AvgIpc) is 2.17. The van der Waals surface area contributed by atoms with Gasteiger partial charge in [-0.3, -0.25) is 4.79 Å². The predicted octanol–water partition coefficient (Wildman–Crippen LogP) is 2.54. The standard InChI is InChI=1S/C12H12FNO/c1-3-9-7(2)14-11-6-8(13)4-5-10(11)12(9)15/h4-6H,3H2,1-2H3,(H,14,15). The number of aromatic nitrogens is 1. The Morgan fingerprint density at radius 1 is 1.40 bits per heavy atom. The molecule has 0 bridgehead atoms. The summed E-state index contributed by atoms with van der Waals surface area (Å²) in [4.78, 5) is 15.0. The molecule has 0 aliphatic heterocycles. The number of hydrogen-bond donors (Lipinski definition) is 1. The Bertz CT molecular complexity index is 572. The number of hydrogen-bond acceptors (Lipinski definition) is 1. The van der Waals surface area contributed by atoms with E-state index >= 15 is 0 Å². The Labute approximate surface area is 86.8 Å². The first-order chi connectivity index (χ1) is 7.13. The van der Waals surface area contributed by atoms with Gasteiger partial charge in [0.25, 0.3) is 0 Å². The van der Waals surface area contributed by atoms with Crippen LogP contribution in [0.2, 0.25) is 0 Å². The van der Waals surface area contributed by atoms with Crippen LogP contribution < -0.4 is 5.43 Å². The monoisotopic (exact) mass is 205 g/mol. The van der Waals surface area contributed by atoms with Crippen molar-refractivity contribution in [3.8, 4) is 0 Å². The van der Waals surface area contributed by atoms with Gasteiger partial charge < -0.3 is 4.98 Å². The lowest BCUT2D eigenvalue weighted by Gasteiger charge is -2.05. The highest BCUT2D eigenvalue weighted by Crippen LogP contribution is 2.12. The number of rotatable bonds is 1. The molecule has 0 spiro atoms. The number of nitrogens with one attached hydrogen (secondary N) is 1. The maximum atomic E-state index is 13.0. The maximum absolute atomic E-state index is 13.0. The lowest BCUT2D eigenvalue weighted by atomic mass is 10.1. The molecule has 0 radical (unpaired) electrons. The fraction of sp³-hybridized carbons (Fsp3) is 0.250. The first kappa shape index (κ1) is 9.90. The highest BCUT2D eigenvalue weighted by atomic mass is 19.1. The van der Waals surface area contributed by atoms with E-state index in [0.717, 1.165) is 11.3 Å². The zero-order valence-corrected chi connectivity index (χ0v) is 8.73. The van der Waals surface area contributed by atoms with E-state index in [-0.39, 0.29) is 11.2 Å². The number of benzene rings is 1.